The van der Waals surface area contributed by atoms with E-state index in [-0.39, 0.29) is 10.6 Å². The molecule has 29 heavy (non-hydrogen) atoms. The number of nitro benzene ring substituents is 1. The van der Waals surface area contributed by atoms with E-state index in [0.717, 1.165) is 40.5 Å². The van der Waals surface area contributed by atoms with Gasteiger partial charge in [0.05, 0.1) is 12.0 Å². The summed E-state index contributed by atoms with van der Waals surface area (Å²) in [6, 6.07) is 27.6. The van der Waals surface area contributed by atoms with Gasteiger partial charge in [0.15, 0.2) is 0 Å². The third-order valence-electron chi connectivity index (χ3n) is 5.16. The predicted molar refractivity (Wildman–Crippen MR) is 116 cm³/mol. The molecule has 0 spiro atoms. The number of nitro groups is 1. The van der Waals surface area contributed by atoms with Gasteiger partial charge in [-0.2, -0.15) is 0 Å². The molecule has 4 aromatic rings. The summed E-state index contributed by atoms with van der Waals surface area (Å²) in [5, 5.41) is 13.2. The first-order valence-corrected chi connectivity index (χ1v) is 9.53. The second-order valence-electron chi connectivity index (χ2n) is 7.02. The highest BCUT2D eigenvalue weighted by Crippen LogP contribution is 2.34. The zero-order chi connectivity index (χ0) is 20.2. The summed E-state index contributed by atoms with van der Waals surface area (Å²) in [6.45, 7) is 0. The maximum atomic E-state index is 11.0. The summed E-state index contributed by atoms with van der Waals surface area (Å²) in [5.74, 6) is 0.790. The Hall–Kier alpha value is -3.66. The Morgan fingerprint density at radius 2 is 1.55 bits per heavy atom. The van der Waals surface area contributed by atoms with E-state index in [2.05, 4.69) is 42.5 Å². The standard InChI is InChI=1S/C25H21NO3/c1-29-23-14-11-21-15-19(8-7-18-5-3-2-4-6-18)16-24(25(21)17-23)20-9-12-22(13-10-20)26(27)28/h2-6,9-17H,7-8H2,1H3. The molecule has 0 atom stereocenters. The fraction of sp³-hybridized carbons (Fsp3) is 0.120. The molecule has 0 saturated carbocycles. The van der Waals surface area contributed by atoms with Crippen LogP contribution in [-0.2, 0) is 12.8 Å². The van der Waals surface area contributed by atoms with Crippen LogP contribution in [-0.4, -0.2) is 12.0 Å². The van der Waals surface area contributed by atoms with Crippen molar-refractivity contribution in [2.24, 2.45) is 0 Å². The van der Waals surface area contributed by atoms with Gasteiger partial charge in [0.2, 0.25) is 0 Å². The minimum absolute atomic E-state index is 0.0934. The molecule has 0 heterocycles. The van der Waals surface area contributed by atoms with Crippen LogP contribution < -0.4 is 4.74 Å². The number of nitrogens with zero attached hydrogens (tertiary/aromatic N) is 1. The maximum absolute atomic E-state index is 11.0. The normalized spacial score (nSPS) is 10.8. The highest BCUT2D eigenvalue weighted by molar-refractivity contribution is 5.98. The largest absolute Gasteiger partial charge is 0.497 e. The van der Waals surface area contributed by atoms with Crippen LogP contribution in [0.5, 0.6) is 5.75 Å². The van der Waals surface area contributed by atoms with E-state index in [1.54, 1.807) is 19.2 Å². The Bertz CT molecular complexity index is 1150. The molecule has 0 saturated heterocycles. The Morgan fingerprint density at radius 3 is 2.24 bits per heavy atom. The quantitative estimate of drug-likeness (QED) is 0.294. The second kappa shape index (κ2) is 8.15. The van der Waals surface area contributed by atoms with Gasteiger partial charge in [-0.15, -0.1) is 0 Å². The van der Waals surface area contributed by atoms with E-state index in [4.69, 9.17) is 4.74 Å². The van der Waals surface area contributed by atoms with Gasteiger partial charge >= 0.3 is 0 Å². The summed E-state index contributed by atoms with van der Waals surface area (Å²) in [5.41, 5.74) is 4.64. The second-order valence-corrected chi connectivity index (χ2v) is 7.02. The van der Waals surface area contributed by atoms with Crippen molar-refractivity contribution in [3.8, 4) is 16.9 Å². The zero-order valence-electron chi connectivity index (χ0n) is 16.2. The summed E-state index contributed by atoms with van der Waals surface area (Å²) in [7, 11) is 1.65. The fourth-order valence-corrected chi connectivity index (χ4v) is 3.61. The lowest BCUT2D eigenvalue weighted by molar-refractivity contribution is -0.384. The highest BCUT2D eigenvalue weighted by atomic mass is 16.6. The van der Waals surface area contributed by atoms with E-state index < -0.39 is 0 Å². The molecule has 4 heteroatoms. The zero-order valence-corrected chi connectivity index (χ0v) is 16.2. The first kappa shape index (κ1) is 18.7. The number of benzene rings is 4. The fourth-order valence-electron chi connectivity index (χ4n) is 3.61. The molecule has 0 amide bonds. The highest BCUT2D eigenvalue weighted by Gasteiger charge is 2.11. The van der Waals surface area contributed by atoms with E-state index >= 15 is 0 Å². The van der Waals surface area contributed by atoms with Crippen LogP contribution in [0.3, 0.4) is 0 Å². The molecule has 0 aliphatic rings. The van der Waals surface area contributed by atoms with Crippen molar-refractivity contribution in [1.82, 2.24) is 0 Å². The Labute approximate surface area is 169 Å². The van der Waals surface area contributed by atoms with Crippen LogP contribution in [0.1, 0.15) is 11.1 Å². The Morgan fingerprint density at radius 1 is 0.828 bits per heavy atom. The average molecular weight is 383 g/mol. The lowest BCUT2D eigenvalue weighted by Gasteiger charge is -2.12. The Kier molecular flexibility index (Phi) is 5.25. The molecule has 0 bridgehead atoms. The van der Waals surface area contributed by atoms with Crippen molar-refractivity contribution in [2.45, 2.75) is 12.8 Å². The minimum Gasteiger partial charge on any atom is -0.497 e. The van der Waals surface area contributed by atoms with Crippen LogP contribution in [0.25, 0.3) is 21.9 Å². The van der Waals surface area contributed by atoms with Crippen molar-refractivity contribution in [3.63, 3.8) is 0 Å². The van der Waals surface area contributed by atoms with Crippen molar-refractivity contribution in [2.75, 3.05) is 7.11 Å². The predicted octanol–water partition coefficient (Wildman–Crippen LogP) is 6.21. The van der Waals surface area contributed by atoms with Gasteiger partial charge in [-0.3, -0.25) is 10.1 Å². The van der Waals surface area contributed by atoms with Gasteiger partial charge < -0.3 is 4.74 Å². The third kappa shape index (κ3) is 4.11. The summed E-state index contributed by atoms with van der Waals surface area (Å²) in [4.78, 5) is 10.6. The topological polar surface area (TPSA) is 52.4 Å². The number of methoxy groups -OCH3 is 1. The van der Waals surface area contributed by atoms with Gasteiger partial charge in [0, 0.05) is 12.1 Å². The molecule has 0 aromatic heterocycles. The lowest BCUT2D eigenvalue weighted by Crippen LogP contribution is -1.94. The van der Waals surface area contributed by atoms with Gasteiger partial charge in [-0.05, 0) is 70.1 Å². The number of aryl methyl sites for hydroxylation is 2. The van der Waals surface area contributed by atoms with Crippen LogP contribution in [0.2, 0.25) is 0 Å². The van der Waals surface area contributed by atoms with Gasteiger partial charge in [-0.1, -0.05) is 48.5 Å². The van der Waals surface area contributed by atoms with Crippen molar-refractivity contribution < 1.29 is 9.66 Å². The summed E-state index contributed by atoms with van der Waals surface area (Å²) >= 11 is 0. The van der Waals surface area contributed by atoms with Gasteiger partial charge in [0.1, 0.15) is 5.75 Å². The number of hydrogen-bond acceptors (Lipinski definition) is 3. The molecule has 4 rings (SSSR count). The first-order valence-electron chi connectivity index (χ1n) is 9.53. The van der Waals surface area contributed by atoms with Gasteiger partial charge in [-0.25, -0.2) is 0 Å². The SMILES string of the molecule is COc1ccc2cc(CCc3ccccc3)cc(-c3ccc([N+](=O)[O-])cc3)c2c1. The molecule has 0 radical (unpaired) electrons. The van der Waals surface area contributed by atoms with E-state index in [1.807, 2.05) is 30.3 Å². The molecule has 0 aliphatic heterocycles. The lowest BCUT2D eigenvalue weighted by atomic mass is 9.93. The average Bonchev–Trinajstić information content (AvgIpc) is 2.77. The van der Waals surface area contributed by atoms with Gasteiger partial charge in [0.25, 0.3) is 5.69 Å². The van der Waals surface area contributed by atoms with Crippen LogP contribution in [0.15, 0.2) is 84.9 Å². The molecule has 0 fully saturated rings. The number of non-ortho nitro benzene ring substituents is 1. The van der Waals surface area contributed by atoms with E-state index in [1.165, 1.54) is 11.1 Å². The molecular formula is C25H21NO3. The van der Waals surface area contributed by atoms with Crippen LogP contribution >= 0.6 is 0 Å². The first-order chi connectivity index (χ1) is 14.1. The molecule has 144 valence electrons. The van der Waals surface area contributed by atoms with Crippen LogP contribution in [0, 0.1) is 10.1 Å². The maximum Gasteiger partial charge on any atom is 0.269 e. The molecular weight excluding hydrogens is 362 g/mol. The molecule has 0 N–H and O–H groups in total. The van der Waals surface area contributed by atoms with Crippen molar-refractivity contribution >= 4 is 16.5 Å². The molecule has 4 aromatic carbocycles. The molecule has 0 unspecified atom stereocenters. The van der Waals surface area contributed by atoms with Crippen molar-refractivity contribution in [1.29, 1.82) is 0 Å². The summed E-state index contributed by atoms with van der Waals surface area (Å²) in [6.07, 6.45) is 1.88. The minimum atomic E-state index is -0.374. The monoisotopic (exact) mass is 383 g/mol. The summed E-state index contributed by atoms with van der Waals surface area (Å²) < 4.78 is 5.41. The molecule has 0 aliphatic carbocycles. The van der Waals surface area contributed by atoms with E-state index in [9.17, 15) is 10.1 Å². The van der Waals surface area contributed by atoms with Crippen molar-refractivity contribution in [3.05, 3.63) is 106 Å². The third-order valence-corrected chi connectivity index (χ3v) is 5.16. The smallest absolute Gasteiger partial charge is 0.269 e. The Balaban J connectivity index is 1.77. The number of fused-ring (bicyclic) bond motifs is 1. The number of ether oxygens (including phenoxy) is 1. The number of hydrogen-bond donors (Lipinski definition) is 0. The number of rotatable bonds is 6. The van der Waals surface area contributed by atoms with Crippen LogP contribution in [0.4, 0.5) is 5.69 Å². The van der Waals surface area contributed by atoms with E-state index in [0.29, 0.717) is 0 Å². The molecule has 4 nitrogen and oxygen atoms in total.